The number of nitrogens with two attached hydrogens (primary N) is 1. The molecule has 0 unspecified atom stereocenters. The van der Waals surface area contributed by atoms with Gasteiger partial charge >= 0.3 is 0 Å². The highest BCUT2D eigenvalue weighted by Crippen LogP contribution is 2.35. The first kappa shape index (κ1) is 24.6. The molecule has 0 aliphatic rings. The quantitative estimate of drug-likeness (QED) is 0.295. The molecular formula is C26H17Cl2F3N2O2. The van der Waals surface area contributed by atoms with Crippen LogP contribution in [0.3, 0.4) is 0 Å². The van der Waals surface area contributed by atoms with E-state index < -0.39 is 17.5 Å². The molecule has 1 heterocycles. The lowest BCUT2D eigenvalue weighted by Gasteiger charge is -2.16. The number of halogens is 5. The Kier molecular flexibility index (Phi) is 7.28. The van der Waals surface area contributed by atoms with Crippen molar-refractivity contribution >= 4 is 29.1 Å². The van der Waals surface area contributed by atoms with Crippen LogP contribution in [0, 0.1) is 17.5 Å². The van der Waals surface area contributed by atoms with Crippen LogP contribution in [0.5, 0.6) is 5.88 Å². The number of carbonyl (C=O) groups is 1. The third kappa shape index (κ3) is 5.75. The lowest BCUT2D eigenvalue weighted by Crippen LogP contribution is -2.16. The van der Waals surface area contributed by atoms with Crippen LogP contribution in [0.25, 0.3) is 11.3 Å². The van der Waals surface area contributed by atoms with E-state index in [0.717, 1.165) is 17.7 Å². The van der Waals surface area contributed by atoms with E-state index in [9.17, 15) is 18.0 Å². The number of primary amides is 1. The molecule has 4 nitrogen and oxygen atoms in total. The zero-order chi connectivity index (χ0) is 25.1. The molecule has 178 valence electrons. The Balaban J connectivity index is 1.80. The summed E-state index contributed by atoms with van der Waals surface area (Å²) in [6.45, 7) is -0.199. The SMILES string of the molecule is NC(=O)c1cc(Cc2ccc(F)cc2)c(-c2ccc(Cl)cc2Cl)nc1OCc1ccc(F)c(F)c1. The highest BCUT2D eigenvalue weighted by atomic mass is 35.5. The molecule has 0 saturated heterocycles. The molecule has 0 fully saturated rings. The van der Waals surface area contributed by atoms with Crippen molar-refractivity contribution in [3.05, 3.63) is 116 Å². The van der Waals surface area contributed by atoms with E-state index in [0.29, 0.717) is 32.4 Å². The van der Waals surface area contributed by atoms with Gasteiger partial charge in [-0.25, -0.2) is 18.2 Å². The monoisotopic (exact) mass is 516 g/mol. The molecule has 4 rings (SSSR count). The standard InChI is InChI=1S/C26H17Cl2F3N2O2/c27-17-4-7-19(21(28)12-17)24-16(9-14-1-5-18(29)6-2-14)11-20(25(32)34)26(33-24)35-13-15-3-8-22(30)23(31)10-15/h1-8,10-12H,9,13H2,(H2,32,34). The highest BCUT2D eigenvalue weighted by molar-refractivity contribution is 6.36. The van der Waals surface area contributed by atoms with Gasteiger partial charge in [0.1, 0.15) is 18.0 Å². The lowest BCUT2D eigenvalue weighted by molar-refractivity contribution is 0.0995. The first-order valence-corrected chi connectivity index (χ1v) is 11.1. The second-order valence-corrected chi connectivity index (χ2v) is 8.52. The number of hydrogen-bond donors (Lipinski definition) is 1. The number of ether oxygens (including phenoxy) is 1. The van der Waals surface area contributed by atoms with E-state index in [4.69, 9.17) is 33.7 Å². The van der Waals surface area contributed by atoms with Gasteiger partial charge in [-0.3, -0.25) is 4.79 Å². The smallest absolute Gasteiger partial charge is 0.254 e. The third-order valence-corrected chi connectivity index (χ3v) is 5.73. The van der Waals surface area contributed by atoms with Gasteiger partial charge in [0.15, 0.2) is 11.6 Å². The Morgan fingerprint density at radius 3 is 2.26 bits per heavy atom. The Bertz CT molecular complexity index is 1410. The average molecular weight is 517 g/mol. The lowest BCUT2D eigenvalue weighted by atomic mass is 9.97. The van der Waals surface area contributed by atoms with Crippen molar-refractivity contribution in [2.75, 3.05) is 0 Å². The van der Waals surface area contributed by atoms with Crippen molar-refractivity contribution < 1.29 is 22.7 Å². The maximum atomic E-state index is 13.6. The van der Waals surface area contributed by atoms with Gasteiger partial charge in [0.05, 0.1) is 10.7 Å². The predicted octanol–water partition coefficient (Wildman–Crippen LogP) is 6.74. The fourth-order valence-electron chi connectivity index (χ4n) is 3.48. The molecule has 4 aromatic rings. The fraction of sp³-hybridized carbons (Fsp3) is 0.0769. The summed E-state index contributed by atoms with van der Waals surface area (Å²) in [6, 6.07) is 15.6. The molecule has 0 radical (unpaired) electrons. The summed E-state index contributed by atoms with van der Waals surface area (Å²) in [4.78, 5) is 16.8. The van der Waals surface area contributed by atoms with Crippen molar-refractivity contribution in [2.24, 2.45) is 5.73 Å². The number of nitrogens with zero attached hydrogens (tertiary/aromatic N) is 1. The minimum Gasteiger partial charge on any atom is -0.472 e. The average Bonchev–Trinajstić information content (AvgIpc) is 2.81. The second kappa shape index (κ2) is 10.4. The summed E-state index contributed by atoms with van der Waals surface area (Å²) < 4.78 is 45.9. The molecule has 0 atom stereocenters. The zero-order valence-electron chi connectivity index (χ0n) is 18.0. The van der Waals surface area contributed by atoms with E-state index in [2.05, 4.69) is 4.98 Å². The van der Waals surface area contributed by atoms with E-state index in [-0.39, 0.29) is 30.3 Å². The topological polar surface area (TPSA) is 65.2 Å². The van der Waals surface area contributed by atoms with Crippen LogP contribution in [-0.4, -0.2) is 10.9 Å². The molecular weight excluding hydrogens is 500 g/mol. The summed E-state index contributed by atoms with van der Waals surface area (Å²) in [5, 5.41) is 0.728. The fourth-order valence-corrected chi connectivity index (χ4v) is 3.98. The van der Waals surface area contributed by atoms with Crippen molar-refractivity contribution in [1.29, 1.82) is 0 Å². The summed E-state index contributed by atoms with van der Waals surface area (Å²) >= 11 is 12.5. The van der Waals surface area contributed by atoms with Gasteiger partial charge in [0.25, 0.3) is 5.91 Å². The number of amides is 1. The molecule has 0 aliphatic carbocycles. The van der Waals surface area contributed by atoms with Gasteiger partial charge < -0.3 is 10.5 Å². The van der Waals surface area contributed by atoms with Gasteiger partial charge in [-0.15, -0.1) is 0 Å². The minimum atomic E-state index is -1.03. The zero-order valence-corrected chi connectivity index (χ0v) is 19.5. The van der Waals surface area contributed by atoms with Crippen molar-refractivity contribution in [3.63, 3.8) is 0 Å². The number of rotatable bonds is 7. The normalized spacial score (nSPS) is 10.9. The molecule has 0 spiro atoms. The van der Waals surface area contributed by atoms with Crippen molar-refractivity contribution in [2.45, 2.75) is 13.0 Å². The van der Waals surface area contributed by atoms with Crippen LogP contribution in [0.2, 0.25) is 10.0 Å². The van der Waals surface area contributed by atoms with E-state index in [1.165, 1.54) is 24.3 Å². The van der Waals surface area contributed by atoms with Gasteiger partial charge in [-0.1, -0.05) is 41.4 Å². The van der Waals surface area contributed by atoms with Gasteiger partial charge in [0.2, 0.25) is 5.88 Å². The van der Waals surface area contributed by atoms with Crippen LogP contribution < -0.4 is 10.5 Å². The Labute approximate surface area is 209 Å². The minimum absolute atomic E-state index is 0.0152. The van der Waals surface area contributed by atoms with E-state index in [1.807, 2.05) is 0 Å². The van der Waals surface area contributed by atoms with E-state index in [1.54, 1.807) is 30.3 Å². The summed E-state index contributed by atoms with van der Waals surface area (Å²) in [6.07, 6.45) is 0.283. The molecule has 1 amide bonds. The predicted molar refractivity (Wildman–Crippen MR) is 128 cm³/mol. The molecule has 0 saturated carbocycles. The molecule has 0 bridgehead atoms. The van der Waals surface area contributed by atoms with E-state index >= 15 is 0 Å². The van der Waals surface area contributed by atoms with Gasteiger partial charge in [-0.05, 0) is 71.6 Å². The van der Waals surface area contributed by atoms with Crippen LogP contribution in [-0.2, 0) is 13.0 Å². The molecule has 1 aromatic heterocycles. The molecule has 3 aromatic carbocycles. The largest absolute Gasteiger partial charge is 0.472 e. The number of carbonyl (C=O) groups excluding carboxylic acids is 1. The van der Waals surface area contributed by atoms with Crippen molar-refractivity contribution in [3.8, 4) is 17.1 Å². The molecule has 0 aliphatic heterocycles. The Morgan fingerprint density at radius 1 is 0.886 bits per heavy atom. The summed E-state index contributed by atoms with van der Waals surface area (Å²) in [7, 11) is 0. The Hall–Kier alpha value is -3.55. The first-order chi connectivity index (χ1) is 16.7. The third-order valence-electron chi connectivity index (χ3n) is 5.19. The molecule has 9 heteroatoms. The Morgan fingerprint density at radius 2 is 1.60 bits per heavy atom. The maximum absolute atomic E-state index is 13.6. The number of benzene rings is 3. The van der Waals surface area contributed by atoms with Crippen LogP contribution >= 0.6 is 23.2 Å². The number of pyridine rings is 1. The highest BCUT2D eigenvalue weighted by Gasteiger charge is 2.20. The van der Waals surface area contributed by atoms with Crippen molar-refractivity contribution in [1.82, 2.24) is 4.98 Å². The van der Waals surface area contributed by atoms with Crippen LogP contribution in [0.1, 0.15) is 27.0 Å². The molecule has 35 heavy (non-hydrogen) atoms. The summed E-state index contributed by atoms with van der Waals surface area (Å²) in [5.74, 6) is -3.31. The van der Waals surface area contributed by atoms with Gasteiger partial charge in [0, 0.05) is 10.6 Å². The van der Waals surface area contributed by atoms with Gasteiger partial charge in [-0.2, -0.15) is 0 Å². The second-order valence-electron chi connectivity index (χ2n) is 7.68. The maximum Gasteiger partial charge on any atom is 0.254 e. The summed E-state index contributed by atoms with van der Waals surface area (Å²) in [5.41, 5.74) is 8.13. The van der Waals surface area contributed by atoms with Crippen LogP contribution in [0.4, 0.5) is 13.2 Å². The first-order valence-electron chi connectivity index (χ1n) is 10.3. The molecule has 2 N–H and O–H groups in total. The van der Waals surface area contributed by atoms with Crippen LogP contribution in [0.15, 0.2) is 66.7 Å². The number of aromatic nitrogens is 1. The number of hydrogen-bond acceptors (Lipinski definition) is 3.